The molecule has 0 bridgehead atoms. The number of sulfonamides is 1. The van der Waals surface area contributed by atoms with E-state index in [1.807, 2.05) is 37.3 Å². The molecule has 0 aliphatic rings. The molecule has 2 rings (SSSR count). The van der Waals surface area contributed by atoms with Crippen molar-refractivity contribution in [1.82, 2.24) is 4.72 Å². The molecule has 0 saturated carbocycles. The molecule has 0 aromatic heterocycles. The highest BCUT2D eigenvalue weighted by Gasteiger charge is 2.19. The van der Waals surface area contributed by atoms with Gasteiger partial charge < -0.3 is 4.74 Å². The Hall–Kier alpha value is -2.34. The number of hydrogen-bond donors (Lipinski definition) is 1. The first-order valence-electron chi connectivity index (χ1n) is 8.14. The van der Waals surface area contributed by atoms with E-state index in [0.29, 0.717) is 5.75 Å². The van der Waals surface area contributed by atoms with Gasteiger partial charge in [-0.05, 0) is 36.5 Å². The van der Waals surface area contributed by atoms with Gasteiger partial charge in [0, 0.05) is 12.5 Å². The summed E-state index contributed by atoms with van der Waals surface area (Å²) < 4.78 is 31.7. The summed E-state index contributed by atoms with van der Waals surface area (Å²) in [6, 6.07) is 16.0. The fourth-order valence-electron chi connectivity index (χ4n) is 2.50. The molecule has 1 atom stereocenters. The monoisotopic (exact) mass is 361 g/mol. The van der Waals surface area contributed by atoms with E-state index < -0.39 is 15.9 Å². The first kappa shape index (κ1) is 19.0. The minimum Gasteiger partial charge on any atom is -0.497 e. The van der Waals surface area contributed by atoms with Crippen LogP contribution in [0.2, 0.25) is 0 Å². The van der Waals surface area contributed by atoms with Crippen molar-refractivity contribution in [2.24, 2.45) is 5.92 Å². The van der Waals surface area contributed by atoms with E-state index in [4.69, 9.17) is 4.74 Å². The summed E-state index contributed by atoms with van der Waals surface area (Å²) in [5.41, 5.74) is 1.21. The first-order chi connectivity index (χ1) is 11.9. The maximum absolute atomic E-state index is 12.3. The molecule has 2 aromatic rings. The molecule has 5 nitrogen and oxygen atoms in total. The molecule has 2 aromatic carbocycles. The number of hydrogen-bond acceptors (Lipinski definition) is 4. The molecule has 0 fully saturated rings. The van der Waals surface area contributed by atoms with Crippen molar-refractivity contribution in [3.8, 4) is 5.75 Å². The summed E-state index contributed by atoms with van der Waals surface area (Å²) in [6.07, 6.45) is 1.84. The number of methoxy groups -OCH3 is 1. The molecular weight excluding hydrogens is 338 g/mol. The highest BCUT2D eigenvalue weighted by Crippen LogP contribution is 2.18. The predicted molar refractivity (Wildman–Crippen MR) is 96.9 cm³/mol. The number of amides is 1. The van der Waals surface area contributed by atoms with Gasteiger partial charge in [0.15, 0.2) is 0 Å². The maximum atomic E-state index is 12.3. The zero-order chi connectivity index (χ0) is 18.3. The average molecular weight is 361 g/mol. The Balaban J connectivity index is 1.89. The summed E-state index contributed by atoms with van der Waals surface area (Å²) >= 11 is 0. The van der Waals surface area contributed by atoms with Crippen molar-refractivity contribution in [3.05, 3.63) is 60.2 Å². The van der Waals surface area contributed by atoms with Crippen LogP contribution in [0.3, 0.4) is 0 Å². The van der Waals surface area contributed by atoms with Crippen molar-refractivity contribution in [1.29, 1.82) is 0 Å². The van der Waals surface area contributed by atoms with Gasteiger partial charge in [0.2, 0.25) is 5.91 Å². The van der Waals surface area contributed by atoms with Crippen LogP contribution in [0.5, 0.6) is 5.75 Å². The van der Waals surface area contributed by atoms with Gasteiger partial charge in [-0.1, -0.05) is 43.3 Å². The Morgan fingerprint density at radius 3 is 2.52 bits per heavy atom. The molecule has 134 valence electrons. The van der Waals surface area contributed by atoms with Gasteiger partial charge in [0.25, 0.3) is 10.0 Å². The van der Waals surface area contributed by atoms with Crippen LogP contribution in [0.4, 0.5) is 0 Å². The smallest absolute Gasteiger partial charge is 0.264 e. The van der Waals surface area contributed by atoms with Crippen LogP contribution in [0.25, 0.3) is 0 Å². The van der Waals surface area contributed by atoms with Crippen molar-refractivity contribution in [2.45, 2.75) is 31.1 Å². The largest absolute Gasteiger partial charge is 0.497 e. The van der Waals surface area contributed by atoms with Gasteiger partial charge >= 0.3 is 0 Å². The van der Waals surface area contributed by atoms with Crippen LogP contribution >= 0.6 is 0 Å². The molecule has 0 aliphatic heterocycles. The van der Waals surface area contributed by atoms with Gasteiger partial charge in [-0.15, -0.1) is 0 Å². The molecule has 0 heterocycles. The lowest BCUT2D eigenvalue weighted by Crippen LogP contribution is -2.31. The third-order valence-electron chi connectivity index (χ3n) is 3.90. The number of benzene rings is 2. The minimum absolute atomic E-state index is 0.0112. The van der Waals surface area contributed by atoms with E-state index in [0.717, 1.165) is 12.8 Å². The van der Waals surface area contributed by atoms with Gasteiger partial charge in [0.1, 0.15) is 5.75 Å². The van der Waals surface area contributed by atoms with Crippen LogP contribution in [0.1, 0.15) is 25.3 Å². The fraction of sp³-hybridized carbons (Fsp3) is 0.316. The lowest BCUT2D eigenvalue weighted by molar-refractivity contribution is -0.120. The summed E-state index contributed by atoms with van der Waals surface area (Å²) in [7, 11) is -2.43. The number of ether oxygens (including phenoxy) is 1. The van der Waals surface area contributed by atoms with E-state index in [1.54, 1.807) is 12.1 Å². The average Bonchev–Trinajstić information content (AvgIpc) is 2.60. The van der Waals surface area contributed by atoms with Crippen molar-refractivity contribution < 1.29 is 17.9 Å². The number of carbonyl (C=O) groups excluding carboxylic acids is 1. The van der Waals surface area contributed by atoms with Crippen LogP contribution in [-0.4, -0.2) is 21.4 Å². The number of nitrogens with one attached hydrogen (secondary N) is 1. The predicted octanol–water partition coefficient (Wildman–Crippen LogP) is 3.16. The Bertz CT molecular complexity index is 803. The second-order valence-corrected chi connectivity index (χ2v) is 7.72. The fourth-order valence-corrected chi connectivity index (χ4v) is 3.53. The zero-order valence-electron chi connectivity index (χ0n) is 14.4. The molecule has 25 heavy (non-hydrogen) atoms. The first-order valence-corrected chi connectivity index (χ1v) is 9.62. The highest BCUT2D eigenvalue weighted by molar-refractivity contribution is 7.90. The van der Waals surface area contributed by atoms with Crippen LogP contribution in [0.15, 0.2) is 59.5 Å². The van der Waals surface area contributed by atoms with Crippen LogP contribution in [0, 0.1) is 5.92 Å². The number of carbonyl (C=O) groups is 1. The summed E-state index contributed by atoms with van der Waals surface area (Å²) in [5, 5.41) is 0. The van der Waals surface area contributed by atoms with Crippen LogP contribution < -0.4 is 9.46 Å². The summed E-state index contributed by atoms with van der Waals surface area (Å²) in [6.45, 7) is 1.95. The number of rotatable bonds is 8. The molecule has 1 N–H and O–H groups in total. The molecule has 0 radical (unpaired) electrons. The SMILES string of the molecule is COc1cccc(S(=O)(=O)NC(=O)CC(C)CCc2ccccc2)c1. The summed E-state index contributed by atoms with van der Waals surface area (Å²) in [4.78, 5) is 12.1. The molecular formula is C19H23NO4S. The Kier molecular flexibility index (Phi) is 6.58. The Labute approximate surface area is 149 Å². The minimum atomic E-state index is -3.88. The van der Waals surface area contributed by atoms with Crippen molar-refractivity contribution >= 4 is 15.9 Å². The van der Waals surface area contributed by atoms with Crippen molar-refractivity contribution in [2.75, 3.05) is 7.11 Å². The Morgan fingerprint density at radius 1 is 1.12 bits per heavy atom. The van der Waals surface area contributed by atoms with Gasteiger partial charge in [-0.25, -0.2) is 13.1 Å². The second-order valence-electron chi connectivity index (χ2n) is 6.04. The molecule has 1 unspecified atom stereocenters. The Morgan fingerprint density at radius 2 is 1.84 bits per heavy atom. The lowest BCUT2D eigenvalue weighted by atomic mass is 9.98. The van der Waals surface area contributed by atoms with E-state index in [1.165, 1.54) is 24.8 Å². The maximum Gasteiger partial charge on any atom is 0.264 e. The highest BCUT2D eigenvalue weighted by atomic mass is 32.2. The molecule has 0 saturated heterocycles. The second kappa shape index (κ2) is 8.67. The van der Waals surface area contributed by atoms with Gasteiger partial charge in [-0.2, -0.15) is 0 Å². The summed E-state index contributed by atoms with van der Waals surface area (Å²) in [5.74, 6) is 0.00986. The number of aryl methyl sites for hydroxylation is 1. The van der Waals surface area contributed by atoms with Gasteiger partial charge in [-0.3, -0.25) is 4.79 Å². The molecule has 1 amide bonds. The third kappa shape index (κ3) is 5.90. The quantitative estimate of drug-likeness (QED) is 0.784. The molecule has 0 aliphatic carbocycles. The third-order valence-corrected chi connectivity index (χ3v) is 5.27. The van der Waals surface area contributed by atoms with E-state index in [2.05, 4.69) is 4.72 Å². The zero-order valence-corrected chi connectivity index (χ0v) is 15.3. The lowest BCUT2D eigenvalue weighted by Gasteiger charge is -2.12. The normalized spacial score (nSPS) is 12.4. The molecule has 6 heteroatoms. The van der Waals surface area contributed by atoms with Crippen LogP contribution in [-0.2, 0) is 21.2 Å². The van der Waals surface area contributed by atoms with E-state index in [-0.39, 0.29) is 17.2 Å². The standard InChI is InChI=1S/C19H23NO4S/c1-15(11-12-16-7-4-3-5-8-16)13-19(21)20-25(22,23)18-10-6-9-17(14-18)24-2/h3-10,14-15H,11-13H2,1-2H3,(H,20,21). The van der Waals surface area contributed by atoms with E-state index in [9.17, 15) is 13.2 Å². The topological polar surface area (TPSA) is 72.5 Å². The van der Waals surface area contributed by atoms with E-state index >= 15 is 0 Å². The molecule has 0 spiro atoms. The van der Waals surface area contributed by atoms with Crippen molar-refractivity contribution in [3.63, 3.8) is 0 Å². The van der Waals surface area contributed by atoms with Gasteiger partial charge in [0.05, 0.1) is 12.0 Å².